The molecule has 0 saturated carbocycles. The van der Waals surface area contributed by atoms with Crippen LogP contribution in [0.2, 0.25) is 0 Å². The molecule has 63 heavy (non-hydrogen) atoms. The van der Waals surface area contributed by atoms with Gasteiger partial charge in [0.05, 0.1) is 33.0 Å². The number of carboxylic acids is 1. The van der Waals surface area contributed by atoms with Crippen LogP contribution in [0.15, 0.2) is 122 Å². The molecular formula is C49H44F2N4O7S. The lowest BCUT2D eigenvalue weighted by atomic mass is 10.0. The largest absolute Gasteiger partial charge is 0.481 e. The van der Waals surface area contributed by atoms with Crippen molar-refractivity contribution >= 4 is 43.4 Å². The van der Waals surface area contributed by atoms with E-state index in [1.54, 1.807) is 82.2 Å². The van der Waals surface area contributed by atoms with E-state index in [4.69, 9.17) is 9.47 Å². The second-order valence-corrected chi connectivity index (χ2v) is 17.2. The second-order valence-electron chi connectivity index (χ2n) is 14.9. The molecule has 0 radical (unpaired) electrons. The molecule has 8 aromatic rings. The molecule has 11 nitrogen and oxygen atoms in total. The number of carboxylic acid groups (broad SMARTS) is 1. The van der Waals surface area contributed by atoms with Gasteiger partial charge in [0.25, 0.3) is 0 Å². The number of ether oxygens (including phenoxy) is 2. The number of aromatic carboxylic acids is 1. The number of hydrogen-bond acceptors (Lipinski definition) is 8. The van der Waals surface area contributed by atoms with Crippen LogP contribution in [-0.2, 0) is 22.9 Å². The summed E-state index contributed by atoms with van der Waals surface area (Å²) in [6, 6.07) is 31.1. The number of pyridine rings is 2. The topological polar surface area (TPSA) is 143 Å². The lowest BCUT2D eigenvalue weighted by Crippen LogP contribution is -2.21. The number of carbonyl (C=O) groups is 2. The molecule has 0 aliphatic carbocycles. The summed E-state index contributed by atoms with van der Waals surface area (Å²) in [7, 11) is -0.628. The maximum atomic E-state index is 14.6. The van der Waals surface area contributed by atoms with Crippen LogP contribution in [0.4, 0.5) is 8.78 Å². The molecule has 0 saturated heterocycles. The molecule has 0 spiro atoms. The summed E-state index contributed by atoms with van der Waals surface area (Å²) < 4.78 is 68.0. The Labute approximate surface area is 363 Å². The highest BCUT2D eigenvalue weighted by Crippen LogP contribution is 2.41. The number of halogens is 2. The Morgan fingerprint density at radius 2 is 1.10 bits per heavy atom. The number of methoxy groups -OCH3 is 2. The van der Waals surface area contributed by atoms with Gasteiger partial charge in [0, 0.05) is 73.3 Å². The first-order chi connectivity index (χ1) is 30.3. The van der Waals surface area contributed by atoms with E-state index >= 15 is 0 Å². The molecule has 14 heteroatoms. The maximum absolute atomic E-state index is 14.6. The van der Waals surface area contributed by atoms with E-state index in [1.165, 1.54) is 33.3 Å². The van der Waals surface area contributed by atoms with E-state index < -0.39 is 33.2 Å². The molecule has 0 aliphatic rings. The van der Waals surface area contributed by atoms with Gasteiger partial charge in [-0.15, -0.1) is 0 Å². The van der Waals surface area contributed by atoms with Gasteiger partial charge in [-0.1, -0.05) is 66.6 Å². The Kier molecular flexibility index (Phi) is 12.8. The lowest BCUT2D eigenvalue weighted by molar-refractivity contribution is 0.0686. The van der Waals surface area contributed by atoms with Crippen LogP contribution in [0.3, 0.4) is 0 Å². The average Bonchev–Trinajstić information content (AvgIpc) is 3.76. The van der Waals surface area contributed by atoms with E-state index in [9.17, 15) is 31.9 Å². The molecule has 0 aliphatic heterocycles. The van der Waals surface area contributed by atoms with Crippen LogP contribution in [0.25, 0.3) is 44.1 Å². The van der Waals surface area contributed by atoms with Crippen LogP contribution in [0.5, 0.6) is 11.8 Å². The smallest absolute Gasteiger partial charge is 0.353 e. The van der Waals surface area contributed by atoms with Crippen LogP contribution in [0, 0.1) is 25.5 Å². The second kappa shape index (κ2) is 18.4. The number of ketones is 1. The van der Waals surface area contributed by atoms with E-state index in [0.29, 0.717) is 56.2 Å². The van der Waals surface area contributed by atoms with Crippen molar-refractivity contribution in [1.82, 2.24) is 19.1 Å². The van der Waals surface area contributed by atoms with Crippen molar-refractivity contribution in [2.75, 3.05) is 25.7 Å². The zero-order valence-electron chi connectivity index (χ0n) is 35.2. The van der Waals surface area contributed by atoms with Crippen LogP contribution in [0.1, 0.15) is 50.2 Å². The standard InChI is InChI=1S/C26H25FN2O4S.C23H19FN2O3/c1-4-34(31,32)16-23(30)25-24(19-9-7-13-28-26(19)33-3)20-14-17(2)11-12-22(20)29(25)15-18-8-5-6-10-21(18)27;1-14-9-10-19-17(12-14)20(16-7-5-11-25-22(16)29-2)21(23(27)28)26(19)13-15-6-3-4-8-18(15)24/h5-14H,4,15-16H2,1-3H3;3-12H,13H2,1-2H3,(H,27,28). The number of hydrogen-bond donors (Lipinski definition) is 1. The number of aromatic nitrogens is 4. The molecule has 0 fully saturated rings. The fraction of sp³-hybridized carbons (Fsp3) is 0.184. The maximum Gasteiger partial charge on any atom is 0.353 e. The molecule has 322 valence electrons. The number of sulfone groups is 1. The van der Waals surface area contributed by atoms with Crippen molar-refractivity contribution < 1.29 is 41.4 Å². The quantitative estimate of drug-likeness (QED) is 0.112. The molecular weight excluding hydrogens is 827 g/mol. The molecule has 4 aromatic carbocycles. The zero-order chi connectivity index (χ0) is 45.0. The van der Waals surface area contributed by atoms with Crippen molar-refractivity contribution in [3.8, 4) is 34.0 Å². The molecule has 0 bridgehead atoms. The molecule has 4 heterocycles. The van der Waals surface area contributed by atoms with E-state index in [2.05, 4.69) is 9.97 Å². The Hall–Kier alpha value is -7.19. The molecule has 4 aromatic heterocycles. The van der Waals surface area contributed by atoms with Gasteiger partial charge in [-0.25, -0.2) is 32.0 Å². The summed E-state index contributed by atoms with van der Waals surface area (Å²) >= 11 is 0. The Morgan fingerprint density at radius 3 is 1.52 bits per heavy atom. The number of carbonyl (C=O) groups excluding carboxylic acids is 1. The summed E-state index contributed by atoms with van der Waals surface area (Å²) in [6.07, 6.45) is 3.17. The van der Waals surface area contributed by atoms with Gasteiger partial charge < -0.3 is 23.7 Å². The summed E-state index contributed by atoms with van der Waals surface area (Å²) in [5, 5.41) is 11.6. The van der Waals surface area contributed by atoms with Crippen molar-refractivity contribution in [3.63, 3.8) is 0 Å². The normalized spacial score (nSPS) is 11.3. The monoisotopic (exact) mass is 870 g/mol. The van der Waals surface area contributed by atoms with Gasteiger partial charge in [-0.3, -0.25) is 4.79 Å². The number of nitrogens with zero attached hydrogens (tertiary/aromatic N) is 4. The van der Waals surface area contributed by atoms with Crippen molar-refractivity contribution in [2.24, 2.45) is 0 Å². The predicted molar refractivity (Wildman–Crippen MR) is 240 cm³/mol. The summed E-state index contributed by atoms with van der Waals surface area (Å²) in [5.74, 6) is -2.61. The van der Waals surface area contributed by atoms with Gasteiger partial charge in [0.1, 0.15) is 23.1 Å². The average molecular weight is 871 g/mol. The number of rotatable bonds is 13. The highest BCUT2D eigenvalue weighted by molar-refractivity contribution is 7.92. The third-order valence-corrected chi connectivity index (χ3v) is 12.3. The molecule has 8 rings (SSSR count). The highest BCUT2D eigenvalue weighted by atomic mass is 32.2. The Morgan fingerprint density at radius 1 is 0.651 bits per heavy atom. The molecule has 0 unspecified atom stereocenters. The first-order valence-electron chi connectivity index (χ1n) is 19.9. The van der Waals surface area contributed by atoms with E-state index in [0.717, 1.165) is 21.9 Å². The number of benzene rings is 4. The van der Waals surface area contributed by atoms with Crippen LogP contribution in [-0.4, -0.2) is 70.1 Å². The highest BCUT2D eigenvalue weighted by Gasteiger charge is 2.30. The molecule has 1 N–H and O–H groups in total. The predicted octanol–water partition coefficient (Wildman–Crippen LogP) is 9.73. The van der Waals surface area contributed by atoms with E-state index in [-0.39, 0.29) is 36.0 Å². The van der Waals surface area contributed by atoms with Crippen molar-refractivity contribution in [3.05, 3.63) is 167 Å². The third-order valence-electron chi connectivity index (χ3n) is 10.7. The van der Waals surface area contributed by atoms with Crippen molar-refractivity contribution in [1.29, 1.82) is 0 Å². The van der Waals surface area contributed by atoms with Gasteiger partial charge in [-0.05, 0) is 74.5 Å². The van der Waals surface area contributed by atoms with Gasteiger partial charge in [-0.2, -0.15) is 0 Å². The summed E-state index contributed by atoms with van der Waals surface area (Å²) in [6.45, 7) is 5.53. The first-order valence-corrected chi connectivity index (χ1v) is 21.8. The van der Waals surface area contributed by atoms with Gasteiger partial charge in [0.15, 0.2) is 15.6 Å². The third kappa shape index (κ3) is 8.93. The number of fused-ring (bicyclic) bond motifs is 2. The van der Waals surface area contributed by atoms with Gasteiger partial charge >= 0.3 is 5.97 Å². The lowest BCUT2D eigenvalue weighted by Gasteiger charge is -2.13. The summed E-state index contributed by atoms with van der Waals surface area (Å²) in [5.41, 5.74) is 6.57. The zero-order valence-corrected chi connectivity index (χ0v) is 36.0. The van der Waals surface area contributed by atoms with Crippen molar-refractivity contribution in [2.45, 2.75) is 33.9 Å². The number of aryl methyl sites for hydroxylation is 2. The molecule has 0 amide bonds. The minimum Gasteiger partial charge on any atom is -0.481 e. The van der Waals surface area contributed by atoms with Gasteiger partial charge in [0.2, 0.25) is 11.8 Å². The first kappa shape index (κ1) is 43.9. The van der Waals surface area contributed by atoms with Crippen LogP contribution < -0.4 is 9.47 Å². The Bertz CT molecular complexity index is 3140. The van der Waals surface area contributed by atoms with Crippen LogP contribution >= 0.6 is 0 Å². The summed E-state index contributed by atoms with van der Waals surface area (Å²) in [4.78, 5) is 34.5. The minimum absolute atomic E-state index is 0.0576. The SMILES string of the molecule is CCS(=O)(=O)CC(=O)c1c(-c2cccnc2OC)c2cc(C)ccc2n1Cc1ccccc1F.COc1ncccc1-c1c(C(=O)O)n(Cc2ccccc2F)c2ccc(C)cc12. The Balaban J connectivity index is 0.000000191. The minimum atomic E-state index is -3.61. The fourth-order valence-corrected chi connectivity index (χ4v) is 8.51. The fourth-order valence-electron chi connectivity index (χ4n) is 7.77. The van der Waals surface area contributed by atoms with E-state index in [1.807, 2.05) is 50.2 Å². The number of Topliss-reactive ketones (excluding diaryl/α,β-unsaturated/α-hetero) is 1. The molecule has 0 atom stereocenters.